The van der Waals surface area contributed by atoms with Crippen LogP contribution in [0.3, 0.4) is 0 Å². The lowest BCUT2D eigenvalue weighted by Crippen LogP contribution is -2.42. The first-order valence-electron chi connectivity index (χ1n) is 12.5. The number of carbonyl (C=O) groups excluding carboxylic acids is 1. The second-order valence-corrected chi connectivity index (χ2v) is 10.8. The van der Waals surface area contributed by atoms with E-state index in [-0.39, 0.29) is 34.7 Å². The summed E-state index contributed by atoms with van der Waals surface area (Å²) in [6.07, 6.45) is 5.58. The van der Waals surface area contributed by atoms with E-state index in [4.69, 9.17) is 4.74 Å². The number of fused-ring (bicyclic) bond motifs is 2. The monoisotopic (exact) mass is 450 g/mol. The van der Waals surface area contributed by atoms with E-state index in [1.54, 1.807) is 6.08 Å². The van der Waals surface area contributed by atoms with E-state index >= 15 is 0 Å². The molecular weight excluding hydrogens is 416 g/mol. The molecule has 2 saturated carbocycles. The average molecular weight is 451 g/mol. The van der Waals surface area contributed by atoms with Crippen LogP contribution < -0.4 is 0 Å². The Hall–Kier alpha value is -3.13. The van der Waals surface area contributed by atoms with Crippen molar-refractivity contribution in [1.29, 1.82) is 0 Å². The predicted octanol–water partition coefficient (Wildman–Crippen LogP) is 7.52. The lowest BCUT2D eigenvalue weighted by molar-refractivity contribution is -0.154. The van der Waals surface area contributed by atoms with Gasteiger partial charge in [0, 0.05) is 23.3 Å². The number of esters is 1. The lowest BCUT2D eigenvalue weighted by Gasteiger charge is -2.41. The minimum Gasteiger partial charge on any atom is -0.458 e. The molecule has 3 aromatic rings. The predicted molar refractivity (Wildman–Crippen MR) is 138 cm³/mol. The summed E-state index contributed by atoms with van der Waals surface area (Å²) in [6.45, 7) is 7.12. The van der Waals surface area contributed by atoms with Crippen molar-refractivity contribution in [1.82, 2.24) is 0 Å². The van der Waals surface area contributed by atoms with Crippen LogP contribution in [0.4, 0.5) is 0 Å². The van der Waals surface area contributed by atoms with E-state index in [1.165, 1.54) is 17.5 Å². The van der Waals surface area contributed by atoms with Gasteiger partial charge in [-0.15, -0.1) is 0 Å². The smallest absolute Gasteiger partial charge is 0.331 e. The van der Waals surface area contributed by atoms with Crippen molar-refractivity contribution < 1.29 is 9.53 Å². The van der Waals surface area contributed by atoms with Crippen LogP contribution in [-0.4, -0.2) is 12.1 Å². The summed E-state index contributed by atoms with van der Waals surface area (Å²) in [4.78, 5) is 13.1. The van der Waals surface area contributed by atoms with Crippen molar-refractivity contribution >= 4 is 12.0 Å². The molecule has 0 amide bonds. The van der Waals surface area contributed by atoms with Crippen LogP contribution in [0.2, 0.25) is 0 Å². The number of hydrogen-bond acceptors (Lipinski definition) is 2. The summed E-state index contributed by atoms with van der Waals surface area (Å²) in [5.74, 6) is 0.652. The van der Waals surface area contributed by atoms with Crippen LogP contribution in [0, 0.1) is 22.7 Å². The van der Waals surface area contributed by atoms with Gasteiger partial charge in [0.2, 0.25) is 0 Å². The summed E-state index contributed by atoms with van der Waals surface area (Å²) in [7, 11) is 0. The van der Waals surface area contributed by atoms with Gasteiger partial charge in [-0.25, -0.2) is 4.79 Å². The summed E-state index contributed by atoms with van der Waals surface area (Å²) < 4.78 is 6.42. The second kappa shape index (κ2) is 8.91. The molecule has 0 N–H and O–H groups in total. The maximum atomic E-state index is 13.1. The fourth-order valence-corrected chi connectivity index (χ4v) is 6.85. The molecule has 2 fully saturated rings. The number of benzene rings is 3. The highest BCUT2D eigenvalue weighted by atomic mass is 16.5. The number of carbonyl (C=O) groups is 1. The van der Waals surface area contributed by atoms with Crippen molar-refractivity contribution in [2.75, 3.05) is 0 Å². The molecule has 2 aliphatic rings. The highest BCUT2D eigenvalue weighted by Crippen LogP contribution is 2.71. The number of rotatable bonds is 6. The first-order chi connectivity index (χ1) is 16.4. The molecule has 2 aliphatic carbocycles. The van der Waals surface area contributed by atoms with Gasteiger partial charge in [-0.05, 0) is 46.9 Å². The van der Waals surface area contributed by atoms with Gasteiger partial charge in [0.15, 0.2) is 0 Å². The van der Waals surface area contributed by atoms with E-state index in [1.807, 2.05) is 36.4 Å². The SMILES string of the molecule is CC1(C)[C@@H]2CC[C@@]1(C)[C@H](OC(=O)/C=C/c1ccccc1)[C@@H]2C(c1ccccc1)c1ccccc1. The third kappa shape index (κ3) is 3.79. The summed E-state index contributed by atoms with van der Waals surface area (Å²) >= 11 is 0. The van der Waals surface area contributed by atoms with Crippen molar-refractivity contribution in [2.24, 2.45) is 22.7 Å². The summed E-state index contributed by atoms with van der Waals surface area (Å²) in [6, 6.07) is 31.5. The normalized spacial score (nSPS) is 27.4. The first-order valence-corrected chi connectivity index (χ1v) is 12.5. The standard InChI is InChI=1S/C32H34O2/c1-31(2)26-21-22-32(31,3)30(34-27(33)20-19-23-13-7-4-8-14-23)29(26)28(24-15-9-5-10-16-24)25-17-11-6-12-18-25/h4-20,26,28-30H,21-22H2,1-3H3/b20-19+/t26-,29+,30-,32+/m1/s1. The number of hydrogen-bond donors (Lipinski definition) is 0. The van der Waals surface area contributed by atoms with Crippen LogP contribution in [0.5, 0.6) is 0 Å². The van der Waals surface area contributed by atoms with E-state index in [2.05, 4.69) is 81.4 Å². The summed E-state index contributed by atoms with van der Waals surface area (Å²) in [5.41, 5.74) is 3.63. The Labute approximate surface area is 203 Å². The molecule has 34 heavy (non-hydrogen) atoms. The molecule has 0 saturated heterocycles. The zero-order chi connectivity index (χ0) is 23.8. The van der Waals surface area contributed by atoms with Gasteiger partial charge in [0.25, 0.3) is 0 Å². The molecule has 2 nitrogen and oxygen atoms in total. The molecule has 0 radical (unpaired) electrons. The minimum atomic E-state index is -0.247. The topological polar surface area (TPSA) is 26.3 Å². The Bertz CT molecular complexity index is 1110. The molecule has 5 rings (SSSR count). The van der Waals surface area contributed by atoms with E-state index in [0.717, 1.165) is 12.0 Å². The second-order valence-electron chi connectivity index (χ2n) is 10.8. The molecule has 0 unspecified atom stereocenters. The van der Waals surface area contributed by atoms with Crippen molar-refractivity contribution in [3.05, 3.63) is 114 Å². The zero-order valence-corrected chi connectivity index (χ0v) is 20.4. The van der Waals surface area contributed by atoms with Crippen LogP contribution in [0.1, 0.15) is 56.2 Å². The Morgan fingerprint density at radius 1 is 0.853 bits per heavy atom. The van der Waals surface area contributed by atoms with Gasteiger partial charge in [-0.3, -0.25) is 0 Å². The molecule has 0 spiro atoms. The van der Waals surface area contributed by atoms with E-state index in [9.17, 15) is 4.79 Å². The molecule has 0 heterocycles. The summed E-state index contributed by atoms with van der Waals surface area (Å²) in [5, 5.41) is 0. The molecule has 0 aromatic heterocycles. The fourth-order valence-electron chi connectivity index (χ4n) is 6.85. The van der Waals surface area contributed by atoms with E-state index in [0.29, 0.717) is 5.92 Å². The van der Waals surface area contributed by atoms with Gasteiger partial charge in [-0.2, -0.15) is 0 Å². The zero-order valence-electron chi connectivity index (χ0n) is 20.4. The van der Waals surface area contributed by atoms with Crippen LogP contribution in [0.25, 0.3) is 6.08 Å². The quantitative estimate of drug-likeness (QED) is 0.287. The Kier molecular flexibility index (Phi) is 5.93. The Balaban J connectivity index is 1.53. The Morgan fingerprint density at radius 2 is 1.38 bits per heavy atom. The highest BCUT2D eigenvalue weighted by molar-refractivity contribution is 5.87. The van der Waals surface area contributed by atoms with Gasteiger partial charge in [-0.1, -0.05) is 112 Å². The van der Waals surface area contributed by atoms with Crippen molar-refractivity contribution in [3.8, 4) is 0 Å². The average Bonchev–Trinajstić information content (AvgIpc) is 3.18. The molecular formula is C32H34O2. The van der Waals surface area contributed by atoms with Gasteiger partial charge in [0.05, 0.1) is 0 Å². The molecule has 174 valence electrons. The maximum Gasteiger partial charge on any atom is 0.331 e. The van der Waals surface area contributed by atoms with Crippen LogP contribution in [0.15, 0.2) is 97.1 Å². The first kappa shape index (κ1) is 22.7. The van der Waals surface area contributed by atoms with Crippen molar-refractivity contribution in [2.45, 2.75) is 45.6 Å². The van der Waals surface area contributed by atoms with Crippen LogP contribution in [-0.2, 0) is 9.53 Å². The fraction of sp³-hybridized carbons (Fsp3) is 0.344. The third-order valence-electron chi connectivity index (χ3n) is 8.97. The molecule has 3 aromatic carbocycles. The maximum absolute atomic E-state index is 13.1. The van der Waals surface area contributed by atoms with Gasteiger partial charge in [0.1, 0.15) is 6.10 Å². The molecule has 2 heteroatoms. The molecule has 0 aliphatic heterocycles. The minimum absolute atomic E-state index is 0.0552. The highest BCUT2D eigenvalue weighted by Gasteiger charge is 2.69. The largest absolute Gasteiger partial charge is 0.458 e. The number of ether oxygens (including phenoxy) is 1. The van der Waals surface area contributed by atoms with Gasteiger partial charge < -0.3 is 4.74 Å². The molecule has 4 atom stereocenters. The molecule has 2 bridgehead atoms. The third-order valence-corrected chi connectivity index (χ3v) is 8.97. The van der Waals surface area contributed by atoms with Gasteiger partial charge >= 0.3 is 5.97 Å². The lowest BCUT2D eigenvalue weighted by atomic mass is 9.68. The van der Waals surface area contributed by atoms with Crippen molar-refractivity contribution in [3.63, 3.8) is 0 Å². The van der Waals surface area contributed by atoms with E-state index < -0.39 is 0 Å². The van der Waals surface area contributed by atoms with Crippen LogP contribution >= 0.6 is 0 Å². The Morgan fingerprint density at radius 3 is 1.94 bits per heavy atom.